The summed E-state index contributed by atoms with van der Waals surface area (Å²) in [5.41, 5.74) is 0. The Hall–Kier alpha value is -0.530. The van der Waals surface area contributed by atoms with E-state index in [0.29, 0.717) is 6.04 Å². The minimum Gasteiger partial charge on any atom is -0.358 e. The first-order valence-corrected chi connectivity index (χ1v) is 4.55. The summed E-state index contributed by atoms with van der Waals surface area (Å²) >= 11 is 0. The van der Waals surface area contributed by atoms with Crippen LogP contribution in [-0.2, 0) is 0 Å². The zero-order valence-corrected chi connectivity index (χ0v) is 7.80. The van der Waals surface area contributed by atoms with Gasteiger partial charge >= 0.3 is 0 Å². The normalized spacial score (nSPS) is 22.2. The predicted octanol–water partition coefficient (Wildman–Crippen LogP) is 1.91. The van der Waals surface area contributed by atoms with Gasteiger partial charge in [0.25, 0.3) is 0 Å². The molecule has 0 aromatic carbocycles. The van der Waals surface area contributed by atoms with Gasteiger partial charge in [-0.1, -0.05) is 0 Å². The zero-order chi connectivity index (χ0) is 8.27. The highest BCUT2D eigenvalue weighted by Gasteiger charge is 2.19. The fourth-order valence-electron chi connectivity index (χ4n) is 1.59. The van der Waals surface area contributed by atoms with E-state index in [4.69, 9.17) is 0 Å². The Balaban J connectivity index is 2.58. The van der Waals surface area contributed by atoms with Gasteiger partial charge < -0.3 is 4.90 Å². The molecule has 0 saturated carbocycles. The summed E-state index contributed by atoms with van der Waals surface area (Å²) in [6.45, 7) is 8.70. The lowest BCUT2D eigenvalue weighted by Crippen LogP contribution is -2.31. The number of aliphatic imine (C=N–C) groups is 1. The molecule has 0 atom stereocenters. The van der Waals surface area contributed by atoms with Crippen LogP contribution in [0.2, 0.25) is 0 Å². The van der Waals surface area contributed by atoms with Crippen molar-refractivity contribution in [1.29, 1.82) is 0 Å². The average Bonchev–Trinajstić information content (AvgIpc) is 2.36. The highest BCUT2D eigenvalue weighted by molar-refractivity contribution is 5.84. The van der Waals surface area contributed by atoms with Crippen LogP contribution in [0.15, 0.2) is 4.99 Å². The second kappa shape index (κ2) is 3.74. The molecule has 2 heteroatoms. The smallest absolute Gasteiger partial charge is 0.0991 e. The van der Waals surface area contributed by atoms with Crippen molar-refractivity contribution in [2.45, 2.75) is 39.7 Å². The third-order valence-corrected chi connectivity index (χ3v) is 2.09. The van der Waals surface area contributed by atoms with E-state index in [9.17, 15) is 0 Å². The monoisotopic (exact) mass is 154 g/mol. The van der Waals surface area contributed by atoms with Gasteiger partial charge in [0.1, 0.15) is 0 Å². The Morgan fingerprint density at radius 1 is 1.55 bits per heavy atom. The van der Waals surface area contributed by atoms with Gasteiger partial charge in [0.2, 0.25) is 0 Å². The second-order valence-corrected chi connectivity index (χ2v) is 3.28. The number of rotatable bonds is 2. The molecule has 1 heterocycles. The minimum absolute atomic E-state index is 0.628. The predicted molar refractivity (Wildman–Crippen MR) is 49.1 cm³/mol. The fraction of sp³-hybridized carbons (Fsp3) is 0.889. The van der Waals surface area contributed by atoms with Crippen LogP contribution in [0.25, 0.3) is 0 Å². The van der Waals surface area contributed by atoms with E-state index in [2.05, 4.69) is 30.7 Å². The molecule has 0 radical (unpaired) electrons. The molecular weight excluding hydrogens is 136 g/mol. The third kappa shape index (κ3) is 1.95. The molecule has 1 rings (SSSR count). The summed E-state index contributed by atoms with van der Waals surface area (Å²) in [5, 5.41) is 0. The van der Waals surface area contributed by atoms with E-state index < -0.39 is 0 Å². The fourth-order valence-corrected chi connectivity index (χ4v) is 1.59. The molecular formula is C9H18N2. The van der Waals surface area contributed by atoms with Gasteiger partial charge in [0.05, 0.1) is 5.84 Å². The zero-order valence-electron chi connectivity index (χ0n) is 7.80. The number of hydrogen-bond donors (Lipinski definition) is 0. The quantitative estimate of drug-likeness (QED) is 0.593. The molecule has 0 spiro atoms. The maximum atomic E-state index is 4.47. The molecule has 1 aliphatic rings. The molecule has 0 unspecified atom stereocenters. The second-order valence-electron chi connectivity index (χ2n) is 3.28. The van der Waals surface area contributed by atoms with Crippen LogP contribution in [0.1, 0.15) is 33.6 Å². The molecule has 64 valence electrons. The number of likely N-dealkylation sites (tertiary alicyclic amines) is 1. The molecule has 2 nitrogen and oxygen atoms in total. The summed E-state index contributed by atoms with van der Waals surface area (Å²) in [5.74, 6) is 1.32. The van der Waals surface area contributed by atoms with E-state index in [-0.39, 0.29) is 0 Å². The SMILES string of the molecule is CC/N=C1/CCCN1C(C)C. The molecule has 0 aliphatic carbocycles. The lowest BCUT2D eigenvalue weighted by molar-refractivity contribution is 0.377. The maximum Gasteiger partial charge on any atom is 0.0991 e. The van der Waals surface area contributed by atoms with Gasteiger partial charge in [-0.2, -0.15) is 0 Å². The lowest BCUT2D eigenvalue weighted by atomic mass is 10.3. The van der Waals surface area contributed by atoms with E-state index >= 15 is 0 Å². The van der Waals surface area contributed by atoms with Crippen LogP contribution in [0, 0.1) is 0 Å². The summed E-state index contributed by atoms with van der Waals surface area (Å²) in [4.78, 5) is 6.88. The van der Waals surface area contributed by atoms with Crippen molar-refractivity contribution in [2.24, 2.45) is 4.99 Å². The summed E-state index contributed by atoms with van der Waals surface area (Å²) in [7, 11) is 0. The van der Waals surface area contributed by atoms with Crippen molar-refractivity contribution in [3.05, 3.63) is 0 Å². The van der Waals surface area contributed by atoms with Gasteiger partial charge in [-0.25, -0.2) is 0 Å². The molecule has 1 saturated heterocycles. The average molecular weight is 154 g/mol. The van der Waals surface area contributed by atoms with Crippen molar-refractivity contribution in [2.75, 3.05) is 13.1 Å². The first-order valence-electron chi connectivity index (χ1n) is 4.55. The van der Waals surface area contributed by atoms with Crippen molar-refractivity contribution in [1.82, 2.24) is 4.90 Å². The first kappa shape index (κ1) is 8.57. The van der Waals surface area contributed by atoms with Gasteiger partial charge in [-0.05, 0) is 27.2 Å². The van der Waals surface area contributed by atoms with Crippen LogP contribution in [0.3, 0.4) is 0 Å². The third-order valence-electron chi connectivity index (χ3n) is 2.09. The van der Waals surface area contributed by atoms with Crippen LogP contribution in [-0.4, -0.2) is 29.9 Å². The Bertz CT molecular complexity index is 150. The highest BCUT2D eigenvalue weighted by atomic mass is 15.2. The first-order chi connectivity index (χ1) is 5.25. The van der Waals surface area contributed by atoms with Gasteiger partial charge in [-0.15, -0.1) is 0 Å². The highest BCUT2D eigenvalue weighted by Crippen LogP contribution is 2.14. The number of hydrogen-bond acceptors (Lipinski definition) is 1. The standard InChI is InChI=1S/C9H18N2/c1-4-10-9-6-5-7-11(9)8(2)3/h8H,4-7H2,1-3H3/b10-9-. The van der Waals surface area contributed by atoms with Gasteiger partial charge in [0, 0.05) is 25.6 Å². The van der Waals surface area contributed by atoms with Crippen LogP contribution < -0.4 is 0 Å². The van der Waals surface area contributed by atoms with Crippen LogP contribution >= 0.6 is 0 Å². The largest absolute Gasteiger partial charge is 0.358 e. The minimum atomic E-state index is 0.628. The van der Waals surface area contributed by atoms with Crippen molar-refractivity contribution in [3.63, 3.8) is 0 Å². The Kier molecular flexibility index (Phi) is 2.92. The van der Waals surface area contributed by atoms with Crippen molar-refractivity contribution in [3.8, 4) is 0 Å². The molecule has 0 amide bonds. The lowest BCUT2D eigenvalue weighted by Gasteiger charge is -2.23. The molecule has 0 N–H and O–H groups in total. The summed E-state index contributed by atoms with van der Waals surface area (Å²) in [6.07, 6.45) is 2.48. The molecule has 11 heavy (non-hydrogen) atoms. The molecule has 0 bridgehead atoms. The van der Waals surface area contributed by atoms with Crippen molar-refractivity contribution >= 4 is 5.84 Å². The Morgan fingerprint density at radius 3 is 2.82 bits per heavy atom. The Labute approximate surface area is 69.3 Å². The van der Waals surface area contributed by atoms with Crippen LogP contribution in [0.5, 0.6) is 0 Å². The van der Waals surface area contributed by atoms with E-state index in [1.165, 1.54) is 25.2 Å². The van der Waals surface area contributed by atoms with Crippen LogP contribution in [0.4, 0.5) is 0 Å². The molecule has 1 fully saturated rings. The topological polar surface area (TPSA) is 15.6 Å². The summed E-state index contributed by atoms with van der Waals surface area (Å²) in [6, 6.07) is 0.628. The number of amidine groups is 1. The number of nitrogens with zero attached hydrogens (tertiary/aromatic N) is 2. The van der Waals surface area contributed by atoms with E-state index in [0.717, 1.165) is 6.54 Å². The summed E-state index contributed by atoms with van der Waals surface area (Å²) < 4.78 is 0. The van der Waals surface area contributed by atoms with Gasteiger partial charge in [-0.3, -0.25) is 4.99 Å². The van der Waals surface area contributed by atoms with E-state index in [1.807, 2.05) is 0 Å². The maximum absolute atomic E-state index is 4.47. The Morgan fingerprint density at radius 2 is 2.27 bits per heavy atom. The van der Waals surface area contributed by atoms with Crippen molar-refractivity contribution < 1.29 is 0 Å². The van der Waals surface area contributed by atoms with Gasteiger partial charge in [0.15, 0.2) is 0 Å². The molecule has 0 aromatic rings. The van der Waals surface area contributed by atoms with E-state index in [1.54, 1.807) is 0 Å². The molecule has 0 aromatic heterocycles. The molecule has 1 aliphatic heterocycles.